The van der Waals surface area contributed by atoms with E-state index in [1.807, 2.05) is 19.1 Å². The number of nitrogens with one attached hydrogen (secondary N) is 2. The van der Waals surface area contributed by atoms with Crippen molar-refractivity contribution < 1.29 is 23.5 Å². The second-order valence-corrected chi connectivity index (χ2v) is 8.53. The number of carbonyl (C=O) groups is 2. The maximum Gasteiger partial charge on any atom is 0.329 e. The first-order valence-corrected chi connectivity index (χ1v) is 11.7. The Morgan fingerprint density at radius 1 is 1.11 bits per heavy atom. The minimum absolute atomic E-state index is 0.107. The van der Waals surface area contributed by atoms with Crippen LogP contribution in [-0.2, 0) is 16.2 Å². The molecule has 182 valence electrons. The van der Waals surface area contributed by atoms with Gasteiger partial charge in [0.15, 0.2) is 11.5 Å². The molecule has 7 nitrogen and oxygen atoms in total. The van der Waals surface area contributed by atoms with Crippen molar-refractivity contribution in [2.24, 2.45) is 5.10 Å². The maximum absolute atomic E-state index is 14.1. The monoisotopic (exact) mass is 561 g/mol. The molecule has 0 atom stereocenters. The Morgan fingerprint density at radius 2 is 1.86 bits per heavy atom. The molecule has 0 saturated heterocycles. The van der Waals surface area contributed by atoms with Gasteiger partial charge in [0.2, 0.25) is 0 Å². The van der Waals surface area contributed by atoms with Crippen molar-refractivity contribution in [1.82, 2.24) is 5.43 Å². The van der Waals surface area contributed by atoms with Gasteiger partial charge in [0.05, 0.1) is 22.3 Å². The molecule has 0 unspecified atom stereocenters. The lowest BCUT2D eigenvalue weighted by Crippen LogP contribution is -2.32. The molecule has 0 aliphatic rings. The molecule has 0 radical (unpaired) electrons. The van der Waals surface area contributed by atoms with E-state index in [-0.39, 0.29) is 17.2 Å². The van der Waals surface area contributed by atoms with E-state index >= 15 is 0 Å². The summed E-state index contributed by atoms with van der Waals surface area (Å²) in [5.41, 5.74) is 4.48. The van der Waals surface area contributed by atoms with E-state index in [9.17, 15) is 14.0 Å². The van der Waals surface area contributed by atoms with Crippen molar-refractivity contribution in [2.45, 2.75) is 20.5 Å². The van der Waals surface area contributed by atoms with Gasteiger partial charge in [0.25, 0.3) is 0 Å². The van der Waals surface area contributed by atoms with Crippen molar-refractivity contribution in [3.8, 4) is 11.5 Å². The Hall–Kier alpha value is -3.43. The number of carbonyl (C=O) groups excluding carboxylic acids is 2. The number of nitrogens with zero attached hydrogens (tertiary/aromatic N) is 1. The normalized spacial score (nSPS) is 10.8. The second-order valence-electron chi connectivity index (χ2n) is 7.27. The number of amides is 2. The zero-order chi connectivity index (χ0) is 25.4. The quantitative estimate of drug-likeness (QED) is 0.212. The third-order valence-electron chi connectivity index (χ3n) is 4.65. The largest absolute Gasteiger partial charge is 0.490 e. The van der Waals surface area contributed by atoms with E-state index in [4.69, 9.17) is 21.1 Å². The predicted octanol–water partition coefficient (Wildman–Crippen LogP) is 5.62. The van der Waals surface area contributed by atoms with Crippen LogP contribution < -0.4 is 20.2 Å². The highest BCUT2D eigenvalue weighted by molar-refractivity contribution is 9.10. The van der Waals surface area contributed by atoms with E-state index in [1.165, 1.54) is 18.3 Å². The minimum Gasteiger partial charge on any atom is -0.490 e. The summed E-state index contributed by atoms with van der Waals surface area (Å²) in [5.74, 6) is -1.52. The van der Waals surface area contributed by atoms with Gasteiger partial charge in [-0.1, -0.05) is 35.4 Å². The lowest BCUT2D eigenvalue weighted by molar-refractivity contribution is -0.136. The standard InChI is InChI=1S/C25H22BrClFN3O4/c1-3-34-22-12-16(11-19(26)23(22)35-14-18-20(27)5-4-6-21(18)28)13-29-31-25(33)24(32)30-17-9-7-15(2)8-10-17/h4-13H,3,14H2,1-2H3,(H,30,32)(H,31,33)/b29-13+. The molecule has 2 amide bonds. The van der Waals surface area contributed by atoms with Gasteiger partial charge < -0.3 is 14.8 Å². The Morgan fingerprint density at radius 3 is 2.54 bits per heavy atom. The molecule has 0 bridgehead atoms. The van der Waals surface area contributed by atoms with Crippen LogP contribution in [0.15, 0.2) is 64.2 Å². The fourth-order valence-corrected chi connectivity index (χ4v) is 3.71. The molecule has 0 aliphatic carbocycles. The molecule has 3 aromatic rings. The Balaban J connectivity index is 1.67. The number of aryl methyl sites for hydroxylation is 1. The molecule has 3 aromatic carbocycles. The lowest BCUT2D eigenvalue weighted by Gasteiger charge is -2.15. The minimum atomic E-state index is -0.923. The summed E-state index contributed by atoms with van der Waals surface area (Å²) in [6.07, 6.45) is 1.35. The number of benzene rings is 3. The van der Waals surface area contributed by atoms with Gasteiger partial charge in [-0.3, -0.25) is 9.59 Å². The molecule has 0 heterocycles. The zero-order valence-corrected chi connectivity index (χ0v) is 21.2. The lowest BCUT2D eigenvalue weighted by atomic mass is 10.2. The molecule has 3 rings (SSSR count). The van der Waals surface area contributed by atoms with Gasteiger partial charge in [-0.15, -0.1) is 0 Å². The summed E-state index contributed by atoms with van der Waals surface area (Å²) in [7, 11) is 0. The van der Waals surface area contributed by atoms with Gasteiger partial charge in [-0.2, -0.15) is 5.10 Å². The molecular formula is C25H22BrClFN3O4. The van der Waals surface area contributed by atoms with Crippen molar-refractivity contribution >= 4 is 51.2 Å². The van der Waals surface area contributed by atoms with E-state index in [1.54, 1.807) is 37.3 Å². The molecule has 35 heavy (non-hydrogen) atoms. The average molecular weight is 563 g/mol. The van der Waals surface area contributed by atoms with Crippen LogP contribution in [0.3, 0.4) is 0 Å². The van der Waals surface area contributed by atoms with Crippen LogP contribution in [-0.4, -0.2) is 24.6 Å². The van der Waals surface area contributed by atoms with Crippen molar-refractivity contribution in [3.05, 3.63) is 86.6 Å². The van der Waals surface area contributed by atoms with Gasteiger partial charge in [-0.25, -0.2) is 9.82 Å². The van der Waals surface area contributed by atoms with Crippen molar-refractivity contribution in [3.63, 3.8) is 0 Å². The molecule has 0 aliphatic heterocycles. The van der Waals surface area contributed by atoms with E-state index in [2.05, 4.69) is 31.8 Å². The van der Waals surface area contributed by atoms with E-state index < -0.39 is 17.6 Å². The topological polar surface area (TPSA) is 89.0 Å². The SMILES string of the molecule is CCOc1cc(/C=N/NC(=O)C(=O)Nc2ccc(C)cc2)cc(Br)c1OCc1c(F)cccc1Cl. The predicted molar refractivity (Wildman–Crippen MR) is 137 cm³/mol. The molecule has 10 heteroatoms. The van der Waals surface area contributed by atoms with Crippen LogP contribution in [0.5, 0.6) is 11.5 Å². The first-order valence-electron chi connectivity index (χ1n) is 10.5. The highest BCUT2D eigenvalue weighted by Crippen LogP contribution is 2.37. The highest BCUT2D eigenvalue weighted by atomic mass is 79.9. The molecule has 2 N–H and O–H groups in total. The fourth-order valence-electron chi connectivity index (χ4n) is 2.92. The number of halogens is 3. The Bertz CT molecular complexity index is 1230. The highest BCUT2D eigenvalue weighted by Gasteiger charge is 2.16. The summed E-state index contributed by atoms with van der Waals surface area (Å²) < 4.78 is 26.0. The van der Waals surface area contributed by atoms with Gasteiger partial charge in [0, 0.05) is 11.3 Å². The Labute approximate surface area is 215 Å². The summed E-state index contributed by atoms with van der Waals surface area (Å²) in [4.78, 5) is 24.1. The van der Waals surface area contributed by atoms with Gasteiger partial charge >= 0.3 is 11.8 Å². The zero-order valence-electron chi connectivity index (χ0n) is 18.9. The van der Waals surface area contributed by atoms with Crippen molar-refractivity contribution in [2.75, 3.05) is 11.9 Å². The Kier molecular flexibility index (Phi) is 9.22. The first-order chi connectivity index (χ1) is 16.8. The second kappa shape index (κ2) is 12.3. The summed E-state index contributed by atoms with van der Waals surface area (Å²) in [5, 5.41) is 6.58. The number of hydrogen-bond donors (Lipinski definition) is 2. The van der Waals surface area contributed by atoms with E-state index in [0.717, 1.165) is 5.56 Å². The van der Waals surface area contributed by atoms with Crippen LogP contribution >= 0.6 is 27.5 Å². The van der Waals surface area contributed by atoms with Crippen LogP contribution in [0.4, 0.5) is 10.1 Å². The molecule has 0 spiro atoms. The first kappa shape index (κ1) is 26.2. The maximum atomic E-state index is 14.1. The van der Waals surface area contributed by atoms with Crippen LogP contribution in [0.25, 0.3) is 0 Å². The molecule has 0 aromatic heterocycles. The van der Waals surface area contributed by atoms with E-state index in [0.29, 0.717) is 33.8 Å². The smallest absolute Gasteiger partial charge is 0.329 e. The van der Waals surface area contributed by atoms with Crippen LogP contribution in [0, 0.1) is 12.7 Å². The van der Waals surface area contributed by atoms with Gasteiger partial charge in [0.1, 0.15) is 12.4 Å². The van der Waals surface area contributed by atoms with Gasteiger partial charge in [-0.05, 0) is 71.7 Å². The average Bonchev–Trinajstić information content (AvgIpc) is 2.81. The third-order valence-corrected chi connectivity index (χ3v) is 5.59. The molecule has 0 fully saturated rings. The third kappa shape index (κ3) is 7.27. The fraction of sp³-hybridized carbons (Fsp3) is 0.160. The van der Waals surface area contributed by atoms with Crippen molar-refractivity contribution in [1.29, 1.82) is 0 Å². The molecular weight excluding hydrogens is 541 g/mol. The molecule has 0 saturated carbocycles. The number of ether oxygens (including phenoxy) is 2. The van der Waals surface area contributed by atoms with Crippen LogP contribution in [0.1, 0.15) is 23.6 Å². The van der Waals surface area contributed by atoms with Crippen LogP contribution in [0.2, 0.25) is 5.02 Å². The number of rotatable bonds is 8. The number of anilines is 1. The number of hydrazone groups is 1. The summed E-state index contributed by atoms with van der Waals surface area (Å²) >= 11 is 9.49. The number of hydrogen-bond acceptors (Lipinski definition) is 5. The summed E-state index contributed by atoms with van der Waals surface area (Å²) in [6.45, 7) is 3.96. The summed E-state index contributed by atoms with van der Waals surface area (Å²) in [6, 6.07) is 14.7.